The topological polar surface area (TPSA) is 392 Å². The molecule has 0 saturated heterocycles. The third-order valence-corrected chi connectivity index (χ3v) is 20.5. The number of Topliss-reactive ketones (excluding diaryl/α,β-unsaturated/α-hetero) is 1. The largest absolute Gasteiger partial charge is 0.457 e. The number of pyridine rings is 1. The second-order valence-electron chi connectivity index (χ2n) is 30.8. The van der Waals surface area contributed by atoms with Gasteiger partial charge in [-0.25, -0.2) is 49.8 Å². The molecule has 21 rings (SSSR count). The number of aromatic nitrogens is 21. The van der Waals surface area contributed by atoms with Crippen molar-refractivity contribution >= 4 is 118 Å². The number of para-hydroxylation sites is 6. The highest BCUT2D eigenvalue weighted by molar-refractivity contribution is 5.98. The highest BCUT2D eigenvalue weighted by Gasteiger charge is 2.38. The number of aromatic amines is 5. The van der Waals surface area contributed by atoms with Gasteiger partial charge in [-0.3, -0.25) is 35.3 Å². The lowest BCUT2D eigenvalue weighted by Crippen LogP contribution is -2.11. The Morgan fingerprint density at radius 2 is 0.630 bits per heavy atom. The lowest BCUT2D eigenvalue weighted by atomic mass is 10.0. The smallest absolute Gasteiger partial charge is 0.416 e. The molecule has 0 unspecified atom stereocenters. The molecule has 0 aliphatic carbocycles. The van der Waals surface area contributed by atoms with E-state index in [4.69, 9.17) is 19.7 Å². The Bertz CT molecular complexity index is 7790. The Hall–Kier alpha value is -17.9. The van der Waals surface area contributed by atoms with Crippen molar-refractivity contribution in [3.63, 3.8) is 0 Å². The molecular formula is C100H80F6N26O3. The molecule has 0 atom stereocenters. The van der Waals surface area contributed by atoms with Crippen LogP contribution in [0.2, 0.25) is 0 Å². The maximum Gasteiger partial charge on any atom is 0.416 e. The fourth-order valence-electron chi connectivity index (χ4n) is 14.1. The second-order valence-corrected chi connectivity index (χ2v) is 30.8. The molecular weight excluding hydrogens is 1730 g/mol. The molecule has 0 spiro atoms. The number of anilines is 10. The van der Waals surface area contributed by atoms with Crippen LogP contribution in [0.3, 0.4) is 0 Å². The number of ketones is 1. The summed E-state index contributed by atoms with van der Waals surface area (Å²) in [6.45, 7) is 11.1. The molecule has 0 bridgehead atoms. The number of aliphatic hydroxyl groups is 1. The van der Waals surface area contributed by atoms with Crippen molar-refractivity contribution < 1.29 is 41.0 Å². The van der Waals surface area contributed by atoms with Gasteiger partial charge in [0.05, 0.1) is 45.3 Å². The number of aryl methyl sites for hydroxylation is 5. The molecule has 0 fully saturated rings. The molecule has 11 aromatic heterocycles. The zero-order valence-corrected chi connectivity index (χ0v) is 72.7. The van der Waals surface area contributed by atoms with E-state index in [-0.39, 0.29) is 30.1 Å². The first-order valence-corrected chi connectivity index (χ1v) is 42.0. The number of H-pyrrole nitrogens is 5. The van der Waals surface area contributed by atoms with Crippen LogP contribution >= 0.6 is 0 Å². The molecule has 29 nitrogen and oxygen atoms in total. The van der Waals surface area contributed by atoms with Crippen LogP contribution in [-0.4, -0.2) is 117 Å². The van der Waals surface area contributed by atoms with Gasteiger partial charge in [0, 0.05) is 132 Å². The summed E-state index contributed by atoms with van der Waals surface area (Å²) in [6, 6.07) is 84.9. The van der Waals surface area contributed by atoms with E-state index in [9.17, 15) is 36.2 Å². The number of fused-ring (bicyclic) bond motifs is 5. The van der Waals surface area contributed by atoms with Crippen molar-refractivity contribution in [3.05, 3.63) is 348 Å². The average molecular weight is 1810 g/mol. The third kappa shape index (κ3) is 22.0. The van der Waals surface area contributed by atoms with Crippen LogP contribution in [-0.2, 0) is 19.0 Å². The first-order chi connectivity index (χ1) is 65.4. The number of aliphatic hydroxyl groups excluding tert-OH is 1. The van der Waals surface area contributed by atoms with Crippen LogP contribution < -0.4 is 31.3 Å². The number of halogens is 6. The molecule has 0 amide bonds. The van der Waals surface area contributed by atoms with E-state index in [1.54, 1.807) is 62.6 Å². The van der Waals surface area contributed by atoms with Gasteiger partial charge in [-0.1, -0.05) is 127 Å². The summed E-state index contributed by atoms with van der Waals surface area (Å²) < 4.78 is 85.4. The van der Waals surface area contributed by atoms with Crippen molar-refractivity contribution in [1.82, 2.24) is 106 Å². The van der Waals surface area contributed by atoms with Crippen molar-refractivity contribution in [2.24, 2.45) is 0 Å². The maximum absolute atomic E-state index is 13.2. The van der Waals surface area contributed by atoms with Crippen molar-refractivity contribution in [1.29, 1.82) is 0 Å². The maximum atomic E-state index is 13.2. The van der Waals surface area contributed by atoms with Crippen molar-refractivity contribution in [2.75, 3.05) is 26.6 Å². The monoisotopic (exact) mass is 1810 g/mol. The van der Waals surface area contributed by atoms with E-state index in [1.807, 2.05) is 258 Å². The number of benzene rings is 10. The van der Waals surface area contributed by atoms with Crippen LogP contribution in [0.1, 0.15) is 62.4 Å². The molecule has 0 aliphatic heterocycles. The number of hydrogen-bond donors (Lipinski definition) is 11. The summed E-state index contributed by atoms with van der Waals surface area (Å²) in [5, 5.41) is 64.9. The summed E-state index contributed by atoms with van der Waals surface area (Å²) in [4.78, 5) is 61.8. The minimum absolute atomic E-state index is 0.0120. The van der Waals surface area contributed by atoms with Gasteiger partial charge in [-0.05, 0) is 174 Å². The highest BCUT2D eigenvalue weighted by Crippen LogP contribution is 2.41. The van der Waals surface area contributed by atoms with Crippen LogP contribution in [0.25, 0.3) is 111 Å². The molecule has 35 heteroatoms. The van der Waals surface area contributed by atoms with E-state index in [0.29, 0.717) is 92.6 Å². The quantitative estimate of drug-likeness (QED) is 0.0264. The molecule has 11 N–H and O–H groups in total. The average Bonchev–Trinajstić information content (AvgIpc) is 0.835. The summed E-state index contributed by atoms with van der Waals surface area (Å²) >= 11 is 0. The predicted molar refractivity (Wildman–Crippen MR) is 508 cm³/mol. The van der Waals surface area contributed by atoms with Crippen LogP contribution in [0.4, 0.5) is 84.5 Å². The molecule has 11 heterocycles. The van der Waals surface area contributed by atoms with Crippen molar-refractivity contribution in [3.8, 4) is 68.4 Å². The Balaban J connectivity index is 0.000000118. The van der Waals surface area contributed by atoms with E-state index in [1.165, 1.54) is 0 Å². The minimum Gasteiger partial charge on any atom is -0.457 e. The van der Waals surface area contributed by atoms with Gasteiger partial charge in [0.15, 0.2) is 64.0 Å². The number of ether oxygens (including phenoxy) is 1. The molecule has 10 aromatic carbocycles. The number of hydrogen-bond acceptors (Lipinski definition) is 24. The van der Waals surface area contributed by atoms with Gasteiger partial charge in [-0.15, -0.1) is 0 Å². The highest BCUT2D eigenvalue weighted by atomic mass is 19.4. The summed E-state index contributed by atoms with van der Waals surface area (Å²) in [5.41, 5.74) is 9.94. The standard InChI is InChI=1S/C24H19N5O.C20H13F6N5.C20H17N5O.C19H17N5O.C17H14N6/c1-16-14-22(29-28-16)26-24-20-12-5-6-13-21(20)25-23(27-24)17-8-7-11-19(15-17)30-18-9-3-2-4-10-18;1-10-6-16(31-30-10)28-18-14-4-2-3-5-15(14)27-17(29-18)11-7-12(19(21,22)23)9-13(8-11)20(24,25)26;1-12-10-18(25-24-12)22-20-16-8-3-4-9-17(16)21-19(23-20)15-7-5-6-14(11-15)13(2)26;1-12-9-17(24-23-12)21-19-15-7-2-3-8-16(15)20-18(22-19)14-6-4-5-13(10-14)11-25;1-11-9-15(23-22-11)20-17-13-6-2-3-7-14(13)19-16(21-17)12-5-4-8-18-10-12/h2-15H,1H3,(H2,25,26,27,28,29);2-9H,1H3,(H2,27,28,29,30,31);3-11H,1-2H3,(H2,21,22,23,24,25);2-10,25H,11H2,1H3,(H2,20,21,22,23,24);2-10H,1H3,(H2,19,20,21,22,23). The second kappa shape index (κ2) is 39.6. The number of carbonyl (C=O) groups is 1. The van der Waals surface area contributed by atoms with Crippen LogP contribution in [0.5, 0.6) is 11.5 Å². The molecule has 0 saturated carbocycles. The van der Waals surface area contributed by atoms with E-state index in [0.717, 1.165) is 123 Å². The SMILES string of the molecule is CC(=O)c1cccc(-c2nc(Nc3cc(C)[nH]n3)c3ccccc3n2)c1.Cc1cc(Nc2nc(-c3cc(C(F)(F)F)cc(C(F)(F)F)c3)nc3ccccc23)n[nH]1.Cc1cc(Nc2nc(-c3cccc(CO)c3)nc3ccccc23)n[nH]1.Cc1cc(Nc2nc(-c3cccc(Oc4ccccc4)c3)nc3ccccc23)n[nH]1.Cc1cc(Nc2nc(-c3cccnc3)nc3ccccc23)n[nH]1. The molecule has 670 valence electrons. The fraction of sp³-hybridized carbons (Fsp3) is 0.0900. The van der Waals surface area contributed by atoms with E-state index < -0.39 is 29.0 Å². The fourth-order valence-corrected chi connectivity index (χ4v) is 14.1. The summed E-state index contributed by atoms with van der Waals surface area (Å²) in [7, 11) is 0. The van der Waals surface area contributed by atoms with Crippen molar-refractivity contribution in [2.45, 2.75) is 60.5 Å². The van der Waals surface area contributed by atoms with Crippen LogP contribution in [0.15, 0.2) is 298 Å². The van der Waals surface area contributed by atoms with Gasteiger partial charge < -0.3 is 36.4 Å². The van der Waals surface area contributed by atoms with E-state index in [2.05, 4.69) is 117 Å². The number of alkyl halides is 6. The normalized spacial score (nSPS) is 11.2. The first kappa shape index (κ1) is 89.1. The zero-order valence-electron chi connectivity index (χ0n) is 72.7. The van der Waals surface area contributed by atoms with Gasteiger partial charge in [-0.2, -0.15) is 51.8 Å². The van der Waals surface area contributed by atoms with Gasteiger partial charge >= 0.3 is 12.4 Å². The number of carbonyl (C=O) groups excluding carboxylic acids is 1. The number of nitrogens with one attached hydrogen (secondary N) is 10. The Labute approximate surface area is 765 Å². The molecule has 0 radical (unpaired) electrons. The number of rotatable bonds is 19. The Morgan fingerprint density at radius 1 is 0.319 bits per heavy atom. The van der Waals surface area contributed by atoms with Gasteiger partial charge in [0.1, 0.15) is 40.6 Å². The summed E-state index contributed by atoms with van der Waals surface area (Å²) in [6.07, 6.45) is -6.45. The molecule has 135 heavy (non-hydrogen) atoms. The lowest BCUT2D eigenvalue weighted by molar-refractivity contribution is -0.143. The number of nitrogens with zero attached hydrogens (tertiary/aromatic N) is 16. The zero-order chi connectivity index (χ0) is 93.7. The van der Waals surface area contributed by atoms with E-state index >= 15 is 0 Å². The van der Waals surface area contributed by atoms with Crippen LogP contribution in [0, 0.1) is 34.6 Å². The summed E-state index contributed by atoms with van der Waals surface area (Å²) in [5.74, 6) is 9.84. The Morgan fingerprint density at radius 3 is 0.963 bits per heavy atom. The lowest BCUT2D eigenvalue weighted by Gasteiger charge is -2.15. The van der Waals surface area contributed by atoms with Gasteiger partial charge in [0.2, 0.25) is 0 Å². The van der Waals surface area contributed by atoms with Gasteiger partial charge in [0.25, 0.3) is 0 Å². The first-order valence-electron chi connectivity index (χ1n) is 42.0. The molecule has 0 aliphatic rings. The predicted octanol–water partition coefficient (Wildman–Crippen LogP) is 23.3. The minimum atomic E-state index is -4.97. The Kier molecular flexibility index (Phi) is 26.1. The molecule has 21 aromatic rings. The third-order valence-electron chi connectivity index (χ3n) is 20.5.